The number of sulfone groups is 1. The van der Waals surface area contributed by atoms with Crippen LogP contribution >= 0.6 is 0 Å². The number of aromatic nitrogens is 2. The van der Waals surface area contributed by atoms with Crippen LogP contribution in [0.1, 0.15) is 12.6 Å². The number of carbonyl (C=O) groups excluding carboxylic acids is 1. The molecule has 1 N–H and O–H groups in total. The lowest BCUT2D eigenvalue weighted by molar-refractivity contribution is -0.140. The average molecular weight is 500 g/mol. The van der Waals surface area contributed by atoms with E-state index in [2.05, 4.69) is 10.4 Å². The van der Waals surface area contributed by atoms with Gasteiger partial charge in [0.05, 0.1) is 16.3 Å². The zero-order valence-electron chi connectivity index (χ0n) is 18.7. The third kappa shape index (κ3) is 5.12. The molecule has 4 aromatic rings. The lowest BCUT2D eigenvalue weighted by Crippen LogP contribution is -2.09. The molecule has 1 heterocycles. The number of anilines is 1. The molecular weight excluding hydrogens is 479 g/mol. The molecule has 3 aromatic carbocycles. The van der Waals surface area contributed by atoms with Gasteiger partial charge in [-0.25, -0.2) is 13.1 Å². The van der Waals surface area contributed by atoms with Crippen molar-refractivity contribution >= 4 is 21.4 Å². The molecule has 1 aromatic heterocycles. The van der Waals surface area contributed by atoms with Crippen molar-refractivity contribution in [1.29, 1.82) is 0 Å². The van der Waals surface area contributed by atoms with E-state index >= 15 is 0 Å². The molecule has 0 spiro atoms. The van der Waals surface area contributed by atoms with E-state index in [1.807, 2.05) is 0 Å². The number of nitrogens with one attached hydrogen (secondary N) is 1. The second kappa shape index (κ2) is 9.03. The fourth-order valence-electron chi connectivity index (χ4n) is 3.70. The summed E-state index contributed by atoms with van der Waals surface area (Å²) in [4.78, 5) is 11.4. The maximum atomic E-state index is 14.2. The molecule has 0 bridgehead atoms. The van der Waals surface area contributed by atoms with Gasteiger partial charge >= 0.3 is 6.18 Å². The highest BCUT2D eigenvalue weighted by molar-refractivity contribution is 7.90. The van der Waals surface area contributed by atoms with E-state index in [0.29, 0.717) is 22.5 Å². The van der Waals surface area contributed by atoms with E-state index in [4.69, 9.17) is 0 Å². The van der Waals surface area contributed by atoms with Gasteiger partial charge in [0.2, 0.25) is 5.91 Å². The van der Waals surface area contributed by atoms with Gasteiger partial charge in [0.1, 0.15) is 0 Å². The predicted octanol–water partition coefficient (Wildman–Crippen LogP) is 5.59. The minimum Gasteiger partial charge on any atom is -0.326 e. The van der Waals surface area contributed by atoms with Gasteiger partial charge in [-0.2, -0.15) is 18.3 Å². The van der Waals surface area contributed by atoms with Crippen molar-refractivity contribution in [1.82, 2.24) is 9.78 Å². The number of alkyl halides is 3. The Hall–Kier alpha value is -3.92. The topological polar surface area (TPSA) is 81.1 Å². The van der Waals surface area contributed by atoms with Crippen LogP contribution in [0.3, 0.4) is 0 Å². The summed E-state index contributed by atoms with van der Waals surface area (Å²) in [6.07, 6.45) is -3.70. The highest BCUT2D eigenvalue weighted by Crippen LogP contribution is 2.43. The second-order valence-electron chi connectivity index (χ2n) is 7.87. The summed E-state index contributed by atoms with van der Waals surface area (Å²) in [6, 6.07) is 19.9. The third-order valence-electron chi connectivity index (χ3n) is 5.20. The SMILES string of the molecule is CC(=O)Nc1ccc(-n2nc(C(F)(F)F)c(-c3ccccc3)c2-c2ccc(S(C)(=O)=O)cc2)cc1. The second-order valence-corrected chi connectivity index (χ2v) is 9.89. The molecule has 0 aliphatic rings. The van der Waals surface area contributed by atoms with Gasteiger partial charge in [-0.1, -0.05) is 42.5 Å². The van der Waals surface area contributed by atoms with Crippen LogP contribution in [0.4, 0.5) is 18.9 Å². The van der Waals surface area contributed by atoms with Crippen LogP contribution in [-0.4, -0.2) is 30.4 Å². The predicted molar refractivity (Wildman–Crippen MR) is 127 cm³/mol. The van der Waals surface area contributed by atoms with E-state index in [0.717, 1.165) is 6.26 Å². The van der Waals surface area contributed by atoms with Crippen molar-refractivity contribution in [3.63, 3.8) is 0 Å². The third-order valence-corrected chi connectivity index (χ3v) is 6.33. The van der Waals surface area contributed by atoms with Crippen molar-refractivity contribution in [2.75, 3.05) is 11.6 Å². The summed E-state index contributed by atoms with van der Waals surface area (Å²) < 4.78 is 67.5. The number of rotatable bonds is 5. The first-order chi connectivity index (χ1) is 16.4. The van der Waals surface area contributed by atoms with E-state index in [1.54, 1.807) is 54.6 Å². The number of nitrogens with zero attached hydrogens (tertiary/aromatic N) is 2. The van der Waals surface area contributed by atoms with Crippen LogP contribution in [0.15, 0.2) is 83.8 Å². The molecule has 1 amide bonds. The van der Waals surface area contributed by atoms with Gasteiger partial charge in [-0.05, 0) is 42.0 Å². The Balaban J connectivity index is 2.01. The zero-order chi connectivity index (χ0) is 25.4. The van der Waals surface area contributed by atoms with E-state index in [1.165, 1.54) is 35.9 Å². The summed E-state index contributed by atoms with van der Waals surface area (Å²) in [7, 11) is -3.50. The van der Waals surface area contributed by atoms with Crippen molar-refractivity contribution in [3.05, 3.63) is 84.6 Å². The Kier molecular flexibility index (Phi) is 6.25. The van der Waals surface area contributed by atoms with E-state index < -0.39 is 21.7 Å². The van der Waals surface area contributed by atoms with Gasteiger partial charge in [0, 0.05) is 30.0 Å². The normalized spacial score (nSPS) is 11.9. The first-order valence-corrected chi connectivity index (χ1v) is 12.3. The Bertz CT molecular complexity index is 1480. The maximum Gasteiger partial charge on any atom is 0.435 e. The number of carbonyl (C=O) groups is 1. The molecule has 0 radical (unpaired) electrons. The van der Waals surface area contributed by atoms with Crippen molar-refractivity contribution in [3.8, 4) is 28.1 Å². The zero-order valence-corrected chi connectivity index (χ0v) is 19.5. The van der Waals surface area contributed by atoms with Crippen LogP contribution in [0.5, 0.6) is 0 Å². The van der Waals surface area contributed by atoms with Crippen molar-refractivity contribution < 1.29 is 26.4 Å². The minimum absolute atomic E-state index is 0.0456. The number of benzene rings is 3. The minimum atomic E-state index is -4.76. The fraction of sp³-hybridized carbons (Fsp3) is 0.120. The lowest BCUT2D eigenvalue weighted by atomic mass is 9.98. The molecule has 180 valence electrons. The highest BCUT2D eigenvalue weighted by Gasteiger charge is 2.40. The molecule has 0 aliphatic heterocycles. The van der Waals surface area contributed by atoms with Crippen LogP contribution in [0, 0.1) is 0 Å². The van der Waals surface area contributed by atoms with Crippen LogP contribution in [-0.2, 0) is 20.8 Å². The summed E-state index contributed by atoms with van der Waals surface area (Å²) in [5.41, 5.74) is 0.415. The molecule has 6 nitrogen and oxygen atoms in total. The Morgan fingerprint density at radius 3 is 2.00 bits per heavy atom. The molecule has 0 saturated carbocycles. The van der Waals surface area contributed by atoms with Gasteiger partial charge in [-0.15, -0.1) is 0 Å². The molecule has 0 fully saturated rings. The summed E-state index contributed by atoms with van der Waals surface area (Å²) in [5, 5.41) is 6.56. The highest BCUT2D eigenvalue weighted by atomic mass is 32.2. The number of hydrogen-bond donors (Lipinski definition) is 1. The summed E-state index contributed by atoms with van der Waals surface area (Å²) in [5.74, 6) is -0.283. The molecule has 4 rings (SSSR count). The fourth-order valence-corrected chi connectivity index (χ4v) is 4.33. The monoisotopic (exact) mass is 499 g/mol. The maximum absolute atomic E-state index is 14.2. The van der Waals surface area contributed by atoms with Gasteiger partial charge in [-0.3, -0.25) is 4.79 Å². The van der Waals surface area contributed by atoms with E-state index in [9.17, 15) is 26.4 Å². The lowest BCUT2D eigenvalue weighted by Gasteiger charge is -2.12. The van der Waals surface area contributed by atoms with E-state index in [-0.39, 0.29) is 22.1 Å². The molecule has 10 heteroatoms. The average Bonchev–Trinajstić information content (AvgIpc) is 3.20. The molecular formula is C25H20F3N3O3S. The number of amides is 1. The first kappa shape index (κ1) is 24.2. The summed E-state index contributed by atoms with van der Waals surface area (Å²) >= 11 is 0. The van der Waals surface area contributed by atoms with Crippen molar-refractivity contribution in [2.45, 2.75) is 18.0 Å². The Labute approximate surface area is 200 Å². The molecule has 35 heavy (non-hydrogen) atoms. The first-order valence-electron chi connectivity index (χ1n) is 10.4. The van der Waals surface area contributed by atoms with Crippen LogP contribution in [0.25, 0.3) is 28.1 Å². The summed E-state index contributed by atoms with van der Waals surface area (Å²) in [6.45, 7) is 1.35. The largest absolute Gasteiger partial charge is 0.435 e. The van der Waals surface area contributed by atoms with Crippen LogP contribution in [0.2, 0.25) is 0 Å². The molecule has 0 unspecified atom stereocenters. The number of hydrogen-bond acceptors (Lipinski definition) is 4. The standard InChI is InChI=1S/C25H20F3N3O3S/c1-16(32)29-19-10-12-20(13-11-19)31-23(18-8-14-21(15-9-18)35(2,33)34)22(17-6-4-3-5-7-17)24(30-31)25(26,27)28/h3-15H,1-2H3,(H,29,32). The molecule has 0 aliphatic carbocycles. The van der Waals surface area contributed by atoms with Crippen LogP contribution < -0.4 is 5.32 Å². The Morgan fingerprint density at radius 2 is 1.49 bits per heavy atom. The molecule has 0 saturated heterocycles. The molecule has 0 atom stereocenters. The Morgan fingerprint density at radius 1 is 0.886 bits per heavy atom. The van der Waals surface area contributed by atoms with Crippen molar-refractivity contribution in [2.24, 2.45) is 0 Å². The van der Waals surface area contributed by atoms with Gasteiger partial charge in [0.15, 0.2) is 15.5 Å². The van der Waals surface area contributed by atoms with Gasteiger partial charge in [0.25, 0.3) is 0 Å². The number of halogens is 3. The quantitative estimate of drug-likeness (QED) is 0.388. The van der Waals surface area contributed by atoms with Gasteiger partial charge < -0.3 is 5.32 Å². The smallest absolute Gasteiger partial charge is 0.326 e.